The van der Waals surface area contributed by atoms with E-state index in [1.807, 2.05) is 25.1 Å². The van der Waals surface area contributed by atoms with E-state index >= 15 is 0 Å². The van der Waals surface area contributed by atoms with E-state index in [0.717, 1.165) is 37.4 Å². The Morgan fingerprint density at radius 3 is 2.64 bits per heavy atom. The van der Waals surface area contributed by atoms with Crippen LogP contribution in [0.15, 0.2) is 36.5 Å². The predicted octanol–water partition coefficient (Wildman–Crippen LogP) is 2.40. The van der Waals surface area contributed by atoms with Gasteiger partial charge in [-0.05, 0) is 37.7 Å². The van der Waals surface area contributed by atoms with E-state index in [-0.39, 0.29) is 5.91 Å². The number of methoxy groups -OCH3 is 1. The van der Waals surface area contributed by atoms with E-state index in [1.165, 1.54) is 0 Å². The molecule has 0 saturated carbocycles. The lowest BCUT2D eigenvalue weighted by molar-refractivity contribution is 0.102. The van der Waals surface area contributed by atoms with Crippen molar-refractivity contribution >= 4 is 17.4 Å². The average molecular weight is 340 g/mol. The Morgan fingerprint density at radius 1 is 1.16 bits per heavy atom. The number of ether oxygens (including phenoxy) is 1. The van der Waals surface area contributed by atoms with E-state index in [2.05, 4.69) is 27.1 Å². The maximum atomic E-state index is 12.5. The molecule has 0 atom stereocenters. The molecule has 0 spiro atoms. The second kappa shape index (κ2) is 7.53. The van der Waals surface area contributed by atoms with Gasteiger partial charge in [-0.15, -0.1) is 0 Å². The Bertz CT molecular complexity index is 755. The molecule has 1 amide bonds. The molecule has 1 saturated heterocycles. The third-order valence-corrected chi connectivity index (χ3v) is 4.52. The van der Waals surface area contributed by atoms with E-state index in [1.54, 1.807) is 25.4 Å². The van der Waals surface area contributed by atoms with Gasteiger partial charge >= 0.3 is 0 Å². The van der Waals surface area contributed by atoms with E-state index in [4.69, 9.17) is 4.74 Å². The van der Waals surface area contributed by atoms with Crippen LogP contribution in [-0.4, -0.2) is 56.1 Å². The topological polar surface area (TPSA) is 57.7 Å². The number of nitrogens with one attached hydrogen (secondary N) is 1. The number of rotatable bonds is 4. The summed E-state index contributed by atoms with van der Waals surface area (Å²) in [7, 11) is 3.73. The molecule has 2 heterocycles. The number of anilines is 2. The van der Waals surface area contributed by atoms with Crippen LogP contribution in [0.1, 0.15) is 15.9 Å². The number of pyridine rings is 1. The van der Waals surface area contributed by atoms with Crippen molar-refractivity contribution < 1.29 is 9.53 Å². The minimum atomic E-state index is -0.193. The molecule has 1 N–H and O–H groups in total. The first kappa shape index (κ1) is 17.2. The zero-order chi connectivity index (χ0) is 17.8. The summed E-state index contributed by atoms with van der Waals surface area (Å²) >= 11 is 0. The van der Waals surface area contributed by atoms with Gasteiger partial charge in [0, 0.05) is 49.7 Å². The van der Waals surface area contributed by atoms with Gasteiger partial charge in [-0.25, -0.2) is 4.98 Å². The molecule has 25 heavy (non-hydrogen) atoms. The lowest BCUT2D eigenvalue weighted by Gasteiger charge is -2.34. The van der Waals surface area contributed by atoms with Gasteiger partial charge in [0.05, 0.1) is 7.11 Å². The predicted molar refractivity (Wildman–Crippen MR) is 99.6 cm³/mol. The molecule has 0 unspecified atom stereocenters. The first-order chi connectivity index (χ1) is 12.1. The normalized spacial score (nSPS) is 15.1. The first-order valence-electron chi connectivity index (χ1n) is 8.42. The zero-order valence-corrected chi connectivity index (χ0v) is 15.0. The van der Waals surface area contributed by atoms with E-state index in [0.29, 0.717) is 17.1 Å². The van der Waals surface area contributed by atoms with Crippen LogP contribution in [0.5, 0.6) is 5.75 Å². The highest BCUT2D eigenvalue weighted by molar-refractivity contribution is 6.04. The van der Waals surface area contributed by atoms with Crippen molar-refractivity contribution in [2.45, 2.75) is 6.92 Å². The molecule has 1 aromatic heterocycles. The Balaban J connectivity index is 1.72. The van der Waals surface area contributed by atoms with E-state index < -0.39 is 0 Å². The number of aryl methyl sites for hydroxylation is 1. The molecule has 0 radical (unpaired) electrons. The van der Waals surface area contributed by atoms with Crippen LogP contribution in [0.2, 0.25) is 0 Å². The largest absolute Gasteiger partial charge is 0.496 e. The zero-order valence-electron chi connectivity index (χ0n) is 15.0. The van der Waals surface area contributed by atoms with Gasteiger partial charge in [-0.3, -0.25) is 4.79 Å². The molecule has 2 aromatic rings. The first-order valence-corrected chi connectivity index (χ1v) is 8.42. The molecular formula is C19H24N4O2. The number of hydrogen-bond acceptors (Lipinski definition) is 5. The third kappa shape index (κ3) is 4.09. The molecule has 0 aliphatic carbocycles. The Hall–Kier alpha value is -2.60. The van der Waals surface area contributed by atoms with Gasteiger partial charge in [0.1, 0.15) is 11.6 Å². The molecule has 6 heteroatoms. The molecule has 3 rings (SSSR count). The fraction of sp³-hybridized carbons (Fsp3) is 0.368. The maximum absolute atomic E-state index is 12.5. The summed E-state index contributed by atoms with van der Waals surface area (Å²) in [5.74, 6) is 1.06. The lowest BCUT2D eigenvalue weighted by atomic mass is 10.1. The third-order valence-electron chi connectivity index (χ3n) is 4.52. The summed E-state index contributed by atoms with van der Waals surface area (Å²) < 4.78 is 5.29. The minimum absolute atomic E-state index is 0.193. The van der Waals surface area contributed by atoms with Crippen LogP contribution in [0.3, 0.4) is 0 Å². The molecule has 6 nitrogen and oxygen atoms in total. The number of carbonyl (C=O) groups is 1. The molecule has 0 bridgehead atoms. The summed E-state index contributed by atoms with van der Waals surface area (Å²) in [6, 6.07) is 9.32. The highest BCUT2D eigenvalue weighted by Crippen LogP contribution is 2.21. The second-order valence-electron chi connectivity index (χ2n) is 6.33. The number of benzene rings is 1. The number of carbonyl (C=O) groups excluding carboxylic acids is 1. The highest BCUT2D eigenvalue weighted by atomic mass is 16.5. The monoisotopic (exact) mass is 340 g/mol. The Labute approximate surface area is 148 Å². The van der Waals surface area contributed by atoms with Gasteiger partial charge in [0.2, 0.25) is 0 Å². The number of hydrogen-bond donors (Lipinski definition) is 1. The molecule has 1 fully saturated rings. The van der Waals surface area contributed by atoms with Crippen molar-refractivity contribution in [1.29, 1.82) is 0 Å². The number of aromatic nitrogens is 1. The fourth-order valence-electron chi connectivity index (χ4n) is 2.90. The van der Waals surface area contributed by atoms with Crippen LogP contribution in [-0.2, 0) is 0 Å². The summed E-state index contributed by atoms with van der Waals surface area (Å²) in [4.78, 5) is 21.4. The number of amides is 1. The van der Waals surface area contributed by atoms with Gasteiger partial charge in [-0.1, -0.05) is 6.07 Å². The van der Waals surface area contributed by atoms with Crippen LogP contribution < -0.4 is 15.0 Å². The van der Waals surface area contributed by atoms with Crippen molar-refractivity contribution in [1.82, 2.24) is 9.88 Å². The van der Waals surface area contributed by atoms with Crippen LogP contribution in [0.25, 0.3) is 0 Å². The van der Waals surface area contributed by atoms with Gasteiger partial charge < -0.3 is 19.9 Å². The summed E-state index contributed by atoms with van der Waals surface area (Å²) in [6.45, 7) is 5.97. The fourth-order valence-corrected chi connectivity index (χ4v) is 2.90. The van der Waals surface area contributed by atoms with Gasteiger partial charge in [0.25, 0.3) is 5.91 Å². The van der Waals surface area contributed by atoms with Crippen LogP contribution >= 0.6 is 0 Å². The number of likely N-dealkylation sites (N-methyl/N-ethyl adjacent to an activating group) is 1. The van der Waals surface area contributed by atoms with Crippen molar-refractivity contribution in [3.8, 4) is 5.75 Å². The van der Waals surface area contributed by atoms with Crippen molar-refractivity contribution in [2.24, 2.45) is 0 Å². The lowest BCUT2D eigenvalue weighted by Crippen LogP contribution is -2.44. The Kier molecular flexibility index (Phi) is 5.19. The molecule has 1 aliphatic rings. The van der Waals surface area contributed by atoms with Gasteiger partial charge in [-0.2, -0.15) is 0 Å². The maximum Gasteiger partial charge on any atom is 0.256 e. The SMILES string of the molecule is COc1cc(C(=O)Nc2cc(N3CCN(C)CC3)ccn2)ccc1C. The van der Waals surface area contributed by atoms with Crippen molar-refractivity contribution in [3.63, 3.8) is 0 Å². The quantitative estimate of drug-likeness (QED) is 0.926. The molecule has 1 aromatic carbocycles. The summed E-state index contributed by atoms with van der Waals surface area (Å²) in [6.07, 6.45) is 1.74. The van der Waals surface area contributed by atoms with E-state index in [9.17, 15) is 4.79 Å². The average Bonchev–Trinajstić information content (AvgIpc) is 2.63. The summed E-state index contributed by atoms with van der Waals surface area (Å²) in [5.41, 5.74) is 2.63. The number of piperazine rings is 1. The Morgan fingerprint density at radius 2 is 1.92 bits per heavy atom. The smallest absolute Gasteiger partial charge is 0.256 e. The number of nitrogens with zero attached hydrogens (tertiary/aromatic N) is 3. The minimum Gasteiger partial charge on any atom is -0.496 e. The summed E-state index contributed by atoms with van der Waals surface area (Å²) in [5, 5.41) is 2.87. The van der Waals surface area contributed by atoms with Gasteiger partial charge in [0.15, 0.2) is 0 Å². The van der Waals surface area contributed by atoms with Crippen LogP contribution in [0, 0.1) is 6.92 Å². The molecule has 132 valence electrons. The van der Waals surface area contributed by atoms with Crippen molar-refractivity contribution in [3.05, 3.63) is 47.7 Å². The van der Waals surface area contributed by atoms with Crippen molar-refractivity contribution in [2.75, 3.05) is 50.6 Å². The molecule has 1 aliphatic heterocycles. The second-order valence-corrected chi connectivity index (χ2v) is 6.33. The standard InChI is InChI=1S/C19H24N4O2/c1-14-4-5-15(12-17(14)25-3)19(24)21-18-13-16(6-7-20-18)23-10-8-22(2)9-11-23/h4-7,12-13H,8-11H2,1-3H3,(H,20,21,24). The van der Waals surface area contributed by atoms with Crippen LogP contribution in [0.4, 0.5) is 11.5 Å². The highest BCUT2D eigenvalue weighted by Gasteiger charge is 2.15. The molecular weight excluding hydrogens is 316 g/mol.